The molecule has 5 heteroatoms. The van der Waals surface area contributed by atoms with Crippen molar-refractivity contribution in [2.75, 3.05) is 19.6 Å². The fraction of sp³-hybridized carbons (Fsp3) is 0.846. The summed E-state index contributed by atoms with van der Waals surface area (Å²) in [6.45, 7) is 7.53. The Balaban J connectivity index is 2.29. The van der Waals surface area contributed by atoms with E-state index in [4.69, 9.17) is 0 Å². The smallest absolute Gasteiger partial charge is 0.240 e. The Hall–Kier alpha value is -1.10. The molecule has 0 spiro atoms. The fourth-order valence-electron chi connectivity index (χ4n) is 1.99. The minimum absolute atomic E-state index is 0.0584. The number of carbonyl (C=O) groups excluding carboxylic acids is 2. The molecule has 1 aliphatic rings. The van der Waals surface area contributed by atoms with Gasteiger partial charge in [-0.2, -0.15) is 0 Å². The number of piperidine rings is 1. The van der Waals surface area contributed by atoms with Crippen molar-refractivity contribution in [2.45, 2.75) is 45.6 Å². The number of hydrogen-bond donors (Lipinski definition) is 3. The van der Waals surface area contributed by atoms with Gasteiger partial charge in [-0.05, 0) is 38.6 Å². The highest BCUT2D eigenvalue weighted by Gasteiger charge is 2.34. The molecule has 1 fully saturated rings. The molecule has 1 rings (SSSR count). The third-order valence-corrected chi connectivity index (χ3v) is 3.24. The SMILES string of the molecule is CC(C)CNC(=O)CNC(=O)C1(C)CCCCN1. The molecule has 1 unspecified atom stereocenters. The van der Waals surface area contributed by atoms with Crippen molar-refractivity contribution in [2.24, 2.45) is 5.92 Å². The summed E-state index contributed by atoms with van der Waals surface area (Å²) in [5.74, 6) is 0.209. The Bertz CT molecular complexity index is 297. The largest absolute Gasteiger partial charge is 0.354 e. The van der Waals surface area contributed by atoms with Crippen LogP contribution in [-0.2, 0) is 9.59 Å². The maximum atomic E-state index is 12.0. The summed E-state index contributed by atoms with van der Waals surface area (Å²) in [6, 6.07) is 0. The Labute approximate surface area is 109 Å². The zero-order valence-corrected chi connectivity index (χ0v) is 11.6. The molecule has 0 aromatic carbocycles. The van der Waals surface area contributed by atoms with E-state index in [1.807, 2.05) is 20.8 Å². The zero-order chi connectivity index (χ0) is 13.6. The normalized spacial score (nSPS) is 23.8. The molecule has 0 radical (unpaired) electrons. The number of amides is 2. The van der Waals surface area contributed by atoms with Crippen LogP contribution in [0.2, 0.25) is 0 Å². The number of hydrogen-bond acceptors (Lipinski definition) is 3. The Morgan fingerprint density at radius 1 is 1.28 bits per heavy atom. The highest BCUT2D eigenvalue weighted by atomic mass is 16.2. The van der Waals surface area contributed by atoms with E-state index in [9.17, 15) is 9.59 Å². The molecule has 1 saturated heterocycles. The van der Waals surface area contributed by atoms with Crippen LogP contribution in [0.3, 0.4) is 0 Å². The van der Waals surface area contributed by atoms with Crippen LogP contribution in [0.5, 0.6) is 0 Å². The average molecular weight is 255 g/mol. The van der Waals surface area contributed by atoms with Gasteiger partial charge in [0.25, 0.3) is 0 Å². The van der Waals surface area contributed by atoms with E-state index in [0.717, 1.165) is 25.8 Å². The first-order chi connectivity index (χ1) is 8.44. The number of rotatable bonds is 5. The molecule has 0 saturated carbocycles. The van der Waals surface area contributed by atoms with E-state index in [2.05, 4.69) is 16.0 Å². The lowest BCUT2D eigenvalue weighted by molar-refractivity contribution is -0.130. The van der Waals surface area contributed by atoms with Crippen LogP contribution in [0, 0.1) is 5.92 Å². The monoisotopic (exact) mass is 255 g/mol. The van der Waals surface area contributed by atoms with E-state index < -0.39 is 5.54 Å². The van der Waals surface area contributed by atoms with Crippen molar-refractivity contribution < 1.29 is 9.59 Å². The first kappa shape index (κ1) is 15.0. The summed E-state index contributed by atoms with van der Waals surface area (Å²) in [5.41, 5.74) is -0.517. The van der Waals surface area contributed by atoms with Crippen molar-refractivity contribution in [1.82, 2.24) is 16.0 Å². The van der Waals surface area contributed by atoms with Crippen molar-refractivity contribution in [1.29, 1.82) is 0 Å². The molecular weight excluding hydrogens is 230 g/mol. The molecule has 2 amide bonds. The molecule has 0 bridgehead atoms. The lowest BCUT2D eigenvalue weighted by Gasteiger charge is -2.33. The fourth-order valence-corrected chi connectivity index (χ4v) is 1.99. The summed E-state index contributed by atoms with van der Waals surface area (Å²) >= 11 is 0. The lowest BCUT2D eigenvalue weighted by Crippen LogP contribution is -2.58. The summed E-state index contributed by atoms with van der Waals surface area (Å²) in [7, 11) is 0. The van der Waals surface area contributed by atoms with Crippen LogP contribution >= 0.6 is 0 Å². The molecule has 0 aliphatic carbocycles. The maximum absolute atomic E-state index is 12.0. The second-order valence-corrected chi connectivity index (χ2v) is 5.60. The average Bonchev–Trinajstić information content (AvgIpc) is 2.34. The third kappa shape index (κ3) is 4.64. The van der Waals surface area contributed by atoms with Gasteiger partial charge in [-0.1, -0.05) is 13.8 Å². The van der Waals surface area contributed by atoms with Crippen LogP contribution < -0.4 is 16.0 Å². The number of nitrogens with one attached hydrogen (secondary N) is 3. The molecule has 1 heterocycles. The van der Waals surface area contributed by atoms with Crippen LogP contribution in [-0.4, -0.2) is 37.0 Å². The van der Waals surface area contributed by atoms with Gasteiger partial charge >= 0.3 is 0 Å². The molecule has 5 nitrogen and oxygen atoms in total. The molecular formula is C13H25N3O2. The van der Waals surface area contributed by atoms with E-state index in [1.54, 1.807) is 0 Å². The standard InChI is InChI=1S/C13H25N3O2/c1-10(2)8-14-11(17)9-15-12(18)13(3)6-4-5-7-16-13/h10,16H,4-9H2,1-3H3,(H,14,17)(H,15,18). The van der Waals surface area contributed by atoms with Crippen LogP contribution in [0.15, 0.2) is 0 Å². The van der Waals surface area contributed by atoms with Gasteiger partial charge in [-0.25, -0.2) is 0 Å². The van der Waals surface area contributed by atoms with Crippen molar-refractivity contribution in [3.05, 3.63) is 0 Å². The minimum Gasteiger partial charge on any atom is -0.354 e. The maximum Gasteiger partial charge on any atom is 0.240 e. The van der Waals surface area contributed by atoms with E-state index >= 15 is 0 Å². The Morgan fingerprint density at radius 2 is 2.00 bits per heavy atom. The van der Waals surface area contributed by atoms with E-state index in [-0.39, 0.29) is 18.4 Å². The van der Waals surface area contributed by atoms with Crippen LogP contribution in [0.4, 0.5) is 0 Å². The summed E-state index contributed by atoms with van der Waals surface area (Å²) < 4.78 is 0. The van der Waals surface area contributed by atoms with Gasteiger partial charge in [0.2, 0.25) is 11.8 Å². The quantitative estimate of drug-likeness (QED) is 0.666. The minimum atomic E-state index is -0.517. The van der Waals surface area contributed by atoms with Crippen LogP contribution in [0.1, 0.15) is 40.0 Å². The van der Waals surface area contributed by atoms with Crippen LogP contribution in [0.25, 0.3) is 0 Å². The second-order valence-electron chi connectivity index (χ2n) is 5.60. The third-order valence-electron chi connectivity index (χ3n) is 3.24. The first-order valence-electron chi connectivity index (χ1n) is 6.74. The van der Waals surface area contributed by atoms with Gasteiger partial charge in [0.1, 0.15) is 0 Å². The van der Waals surface area contributed by atoms with Gasteiger partial charge in [0, 0.05) is 6.54 Å². The molecule has 18 heavy (non-hydrogen) atoms. The molecule has 3 N–H and O–H groups in total. The number of carbonyl (C=O) groups is 2. The molecule has 0 aromatic rings. The molecule has 1 aliphatic heterocycles. The van der Waals surface area contributed by atoms with Crippen molar-refractivity contribution >= 4 is 11.8 Å². The van der Waals surface area contributed by atoms with Crippen molar-refractivity contribution in [3.8, 4) is 0 Å². The lowest BCUT2D eigenvalue weighted by atomic mass is 9.90. The molecule has 0 aromatic heterocycles. The Kier molecular flexibility index (Phi) is 5.59. The Morgan fingerprint density at radius 3 is 2.56 bits per heavy atom. The van der Waals surface area contributed by atoms with E-state index in [0.29, 0.717) is 12.5 Å². The predicted octanol–water partition coefficient (Wildman–Crippen LogP) is 0.407. The zero-order valence-electron chi connectivity index (χ0n) is 11.6. The molecule has 1 atom stereocenters. The van der Waals surface area contributed by atoms with Gasteiger partial charge in [-0.3, -0.25) is 9.59 Å². The highest BCUT2D eigenvalue weighted by Crippen LogP contribution is 2.18. The summed E-state index contributed by atoms with van der Waals surface area (Å²) in [4.78, 5) is 23.5. The topological polar surface area (TPSA) is 70.2 Å². The van der Waals surface area contributed by atoms with Gasteiger partial charge in [-0.15, -0.1) is 0 Å². The van der Waals surface area contributed by atoms with Crippen molar-refractivity contribution in [3.63, 3.8) is 0 Å². The highest BCUT2D eigenvalue weighted by molar-refractivity contribution is 5.90. The molecule has 104 valence electrons. The predicted molar refractivity (Wildman–Crippen MR) is 71.1 cm³/mol. The first-order valence-corrected chi connectivity index (χ1v) is 6.74. The van der Waals surface area contributed by atoms with Gasteiger partial charge in [0.15, 0.2) is 0 Å². The van der Waals surface area contributed by atoms with E-state index in [1.165, 1.54) is 0 Å². The van der Waals surface area contributed by atoms with Gasteiger partial charge in [0.05, 0.1) is 12.1 Å². The second kappa shape index (κ2) is 6.73. The summed E-state index contributed by atoms with van der Waals surface area (Å²) in [5, 5.41) is 8.71. The van der Waals surface area contributed by atoms with Gasteiger partial charge < -0.3 is 16.0 Å². The summed E-state index contributed by atoms with van der Waals surface area (Å²) in [6.07, 6.45) is 2.99.